The number of pyridine rings is 1. The van der Waals surface area contributed by atoms with Gasteiger partial charge in [-0.25, -0.2) is 0 Å². The Labute approximate surface area is 109 Å². The third kappa shape index (κ3) is 2.14. The van der Waals surface area contributed by atoms with E-state index in [0.717, 1.165) is 10.9 Å². The minimum absolute atomic E-state index is 0.233. The topological polar surface area (TPSA) is 79.3 Å². The highest BCUT2D eigenvalue weighted by Crippen LogP contribution is 2.39. The molecule has 2 aromatic rings. The highest BCUT2D eigenvalue weighted by molar-refractivity contribution is 6.04. The number of amides is 1. The van der Waals surface area contributed by atoms with E-state index in [1.165, 1.54) is 0 Å². The van der Waals surface area contributed by atoms with E-state index < -0.39 is 17.8 Å². The van der Waals surface area contributed by atoms with Crippen LogP contribution in [0.4, 0.5) is 5.69 Å². The predicted molar refractivity (Wildman–Crippen MR) is 69.6 cm³/mol. The summed E-state index contributed by atoms with van der Waals surface area (Å²) in [6, 6.07) is 9.14. The molecule has 1 amide bonds. The fourth-order valence-electron chi connectivity index (χ4n) is 2.20. The van der Waals surface area contributed by atoms with Crippen molar-refractivity contribution in [1.82, 2.24) is 4.98 Å². The first kappa shape index (κ1) is 11.6. The Kier molecular flexibility index (Phi) is 2.67. The van der Waals surface area contributed by atoms with Gasteiger partial charge in [0.05, 0.1) is 23.0 Å². The molecule has 1 aromatic heterocycles. The molecule has 2 unspecified atom stereocenters. The van der Waals surface area contributed by atoms with E-state index in [9.17, 15) is 9.59 Å². The Hall–Kier alpha value is -2.43. The van der Waals surface area contributed by atoms with Gasteiger partial charge in [0.15, 0.2) is 0 Å². The molecule has 0 spiro atoms. The number of hydrogen-bond acceptors (Lipinski definition) is 3. The molecule has 1 saturated carbocycles. The number of fused-ring (bicyclic) bond motifs is 1. The fourth-order valence-corrected chi connectivity index (χ4v) is 2.20. The van der Waals surface area contributed by atoms with Crippen molar-refractivity contribution in [2.75, 3.05) is 5.32 Å². The van der Waals surface area contributed by atoms with Gasteiger partial charge < -0.3 is 10.4 Å². The number of hydrogen-bond donors (Lipinski definition) is 2. The van der Waals surface area contributed by atoms with Gasteiger partial charge in [0.2, 0.25) is 5.91 Å². The lowest BCUT2D eigenvalue weighted by Gasteiger charge is -2.07. The number of benzene rings is 1. The lowest BCUT2D eigenvalue weighted by atomic mass is 10.1. The van der Waals surface area contributed by atoms with E-state index in [4.69, 9.17) is 5.11 Å². The first-order valence-electron chi connectivity index (χ1n) is 6.04. The number of nitrogens with one attached hydrogen (secondary N) is 1. The maximum absolute atomic E-state index is 11.9. The third-order valence-electron chi connectivity index (χ3n) is 3.35. The number of nitrogens with zero attached hydrogens (tertiary/aromatic N) is 1. The minimum atomic E-state index is -0.903. The van der Waals surface area contributed by atoms with E-state index in [1.807, 2.05) is 18.2 Å². The van der Waals surface area contributed by atoms with Crippen LogP contribution in [-0.4, -0.2) is 22.0 Å². The van der Waals surface area contributed by atoms with Crippen LogP contribution in [0.1, 0.15) is 6.42 Å². The van der Waals surface area contributed by atoms with Crippen LogP contribution in [0, 0.1) is 11.8 Å². The number of aliphatic carboxylic acids is 1. The van der Waals surface area contributed by atoms with Crippen molar-refractivity contribution in [1.29, 1.82) is 0 Å². The summed E-state index contributed by atoms with van der Waals surface area (Å²) < 4.78 is 0. The number of aromatic nitrogens is 1. The standard InChI is InChI=1S/C14H12N2O3/c17-13(9-7-10(9)14(18)19)16-12-5-1-4-11-8(12)3-2-6-15-11/h1-6,9-10H,7H2,(H,16,17)(H,18,19). The summed E-state index contributed by atoms with van der Waals surface area (Å²) in [6.45, 7) is 0. The second kappa shape index (κ2) is 4.35. The van der Waals surface area contributed by atoms with Crippen molar-refractivity contribution >= 4 is 28.5 Å². The summed E-state index contributed by atoms with van der Waals surface area (Å²) >= 11 is 0. The summed E-state index contributed by atoms with van der Waals surface area (Å²) in [5, 5.41) is 12.5. The molecule has 3 rings (SSSR count). The molecular formula is C14H12N2O3. The van der Waals surface area contributed by atoms with Gasteiger partial charge in [-0.1, -0.05) is 6.07 Å². The van der Waals surface area contributed by atoms with E-state index in [0.29, 0.717) is 12.1 Å². The zero-order valence-electron chi connectivity index (χ0n) is 10.0. The lowest BCUT2D eigenvalue weighted by molar-refractivity contribution is -0.139. The molecule has 5 heteroatoms. The van der Waals surface area contributed by atoms with Crippen LogP contribution < -0.4 is 5.32 Å². The Morgan fingerprint density at radius 1 is 1.21 bits per heavy atom. The largest absolute Gasteiger partial charge is 0.481 e. The van der Waals surface area contributed by atoms with Gasteiger partial charge in [0.1, 0.15) is 0 Å². The van der Waals surface area contributed by atoms with E-state index >= 15 is 0 Å². The Bertz CT molecular complexity index is 663. The molecule has 19 heavy (non-hydrogen) atoms. The Morgan fingerprint density at radius 3 is 2.79 bits per heavy atom. The number of carbonyl (C=O) groups is 2. The van der Waals surface area contributed by atoms with Crippen molar-refractivity contribution in [3.05, 3.63) is 36.5 Å². The van der Waals surface area contributed by atoms with Crippen LogP contribution in [0.25, 0.3) is 10.9 Å². The molecule has 2 atom stereocenters. The van der Waals surface area contributed by atoms with Crippen molar-refractivity contribution < 1.29 is 14.7 Å². The normalized spacial score (nSPS) is 21.1. The van der Waals surface area contributed by atoms with Crippen LogP contribution in [0.2, 0.25) is 0 Å². The monoisotopic (exact) mass is 256 g/mol. The number of carboxylic acids is 1. The fraction of sp³-hybridized carbons (Fsp3) is 0.214. The Balaban J connectivity index is 1.83. The van der Waals surface area contributed by atoms with Gasteiger partial charge in [0, 0.05) is 11.6 Å². The van der Waals surface area contributed by atoms with Crippen LogP contribution in [-0.2, 0) is 9.59 Å². The second-order valence-corrected chi connectivity index (χ2v) is 4.65. The molecule has 1 aliphatic carbocycles. The quantitative estimate of drug-likeness (QED) is 0.879. The van der Waals surface area contributed by atoms with Crippen molar-refractivity contribution in [3.63, 3.8) is 0 Å². The maximum atomic E-state index is 11.9. The average molecular weight is 256 g/mol. The number of anilines is 1. The summed E-state index contributed by atoms with van der Waals surface area (Å²) in [5.74, 6) is -2.08. The van der Waals surface area contributed by atoms with Crippen LogP contribution in [0.5, 0.6) is 0 Å². The van der Waals surface area contributed by atoms with Gasteiger partial charge in [-0.05, 0) is 30.7 Å². The molecule has 5 nitrogen and oxygen atoms in total. The number of rotatable bonds is 3. The molecule has 1 aromatic carbocycles. The number of carbonyl (C=O) groups excluding carboxylic acids is 1. The van der Waals surface area contributed by atoms with Gasteiger partial charge in [0.25, 0.3) is 0 Å². The van der Waals surface area contributed by atoms with Crippen molar-refractivity contribution in [3.8, 4) is 0 Å². The summed E-state index contributed by atoms with van der Waals surface area (Å²) in [7, 11) is 0. The third-order valence-corrected chi connectivity index (χ3v) is 3.35. The zero-order valence-corrected chi connectivity index (χ0v) is 10.0. The highest BCUT2D eigenvalue weighted by atomic mass is 16.4. The molecule has 1 heterocycles. The van der Waals surface area contributed by atoms with Crippen LogP contribution in [0.3, 0.4) is 0 Å². The van der Waals surface area contributed by atoms with Crippen LogP contribution in [0.15, 0.2) is 36.5 Å². The zero-order chi connectivity index (χ0) is 13.4. The van der Waals surface area contributed by atoms with Crippen molar-refractivity contribution in [2.45, 2.75) is 6.42 Å². The minimum Gasteiger partial charge on any atom is -0.481 e. The van der Waals surface area contributed by atoms with Gasteiger partial charge in [-0.15, -0.1) is 0 Å². The SMILES string of the molecule is O=C(O)C1CC1C(=O)Nc1cccc2ncccc12. The molecule has 0 saturated heterocycles. The van der Waals surface area contributed by atoms with Crippen LogP contribution >= 0.6 is 0 Å². The van der Waals surface area contributed by atoms with E-state index in [-0.39, 0.29) is 5.91 Å². The summed E-state index contributed by atoms with van der Waals surface area (Å²) in [5.41, 5.74) is 1.47. The smallest absolute Gasteiger partial charge is 0.307 e. The molecule has 0 aliphatic heterocycles. The van der Waals surface area contributed by atoms with Gasteiger partial charge >= 0.3 is 5.97 Å². The molecular weight excluding hydrogens is 244 g/mol. The predicted octanol–water partition coefficient (Wildman–Crippen LogP) is 1.89. The average Bonchev–Trinajstić information content (AvgIpc) is 3.19. The number of carboxylic acid groups (broad SMARTS) is 1. The highest BCUT2D eigenvalue weighted by Gasteiger charge is 2.48. The molecule has 2 N–H and O–H groups in total. The first-order chi connectivity index (χ1) is 9.16. The maximum Gasteiger partial charge on any atom is 0.307 e. The molecule has 1 aliphatic rings. The summed E-state index contributed by atoms with van der Waals surface area (Å²) in [4.78, 5) is 26.9. The molecule has 0 bridgehead atoms. The summed E-state index contributed by atoms with van der Waals surface area (Å²) in [6.07, 6.45) is 2.11. The van der Waals surface area contributed by atoms with Gasteiger partial charge in [-0.2, -0.15) is 0 Å². The van der Waals surface area contributed by atoms with E-state index in [2.05, 4.69) is 10.3 Å². The first-order valence-corrected chi connectivity index (χ1v) is 6.04. The van der Waals surface area contributed by atoms with Gasteiger partial charge in [-0.3, -0.25) is 14.6 Å². The van der Waals surface area contributed by atoms with Crippen molar-refractivity contribution in [2.24, 2.45) is 11.8 Å². The lowest BCUT2D eigenvalue weighted by Crippen LogP contribution is -2.17. The second-order valence-electron chi connectivity index (χ2n) is 4.65. The molecule has 1 fully saturated rings. The Morgan fingerprint density at radius 2 is 2.05 bits per heavy atom. The molecule has 96 valence electrons. The molecule has 0 radical (unpaired) electrons. The van der Waals surface area contributed by atoms with E-state index in [1.54, 1.807) is 18.3 Å².